The summed E-state index contributed by atoms with van der Waals surface area (Å²) in [6.45, 7) is 4.26. The van der Waals surface area contributed by atoms with Gasteiger partial charge in [-0.05, 0) is 24.5 Å². The van der Waals surface area contributed by atoms with Crippen LogP contribution in [0.4, 0.5) is 0 Å². The molecule has 0 fully saturated rings. The Morgan fingerprint density at radius 3 is 2.88 bits per heavy atom. The second-order valence-corrected chi connectivity index (χ2v) is 4.50. The summed E-state index contributed by atoms with van der Waals surface area (Å²) in [6.07, 6.45) is 1.72. The molecule has 0 aliphatic carbocycles. The number of benzene rings is 1. The fourth-order valence-electron chi connectivity index (χ4n) is 1.68. The SMILES string of the molecule is CC(C)CCc1nc2cccc(C(=O)O)c2o1. The van der Waals surface area contributed by atoms with Gasteiger partial charge in [-0.3, -0.25) is 0 Å². The Morgan fingerprint density at radius 2 is 2.24 bits per heavy atom. The third-order valence-corrected chi connectivity index (χ3v) is 2.63. The van der Waals surface area contributed by atoms with E-state index in [1.807, 2.05) is 0 Å². The van der Waals surface area contributed by atoms with E-state index in [9.17, 15) is 4.79 Å². The van der Waals surface area contributed by atoms with Crippen LogP contribution in [0.25, 0.3) is 11.1 Å². The van der Waals surface area contributed by atoms with Crippen molar-refractivity contribution >= 4 is 17.1 Å². The smallest absolute Gasteiger partial charge is 0.339 e. The Labute approximate surface area is 99.3 Å². The summed E-state index contributed by atoms with van der Waals surface area (Å²) < 4.78 is 5.52. The molecule has 4 heteroatoms. The van der Waals surface area contributed by atoms with E-state index in [0.29, 0.717) is 22.9 Å². The Morgan fingerprint density at radius 1 is 1.47 bits per heavy atom. The van der Waals surface area contributed by atoms with Crippen molar-refractivity contribution in [3.05, 3.63) is 29.7 Å². The summed E-state index contributed by atoms with van der Waals surface area (Å²) in [5.74, 6) is 0.202. The number of nitrogens with zero attached hydrogens (tertiary/aromatic N) is 1. The largest absolute Gasteiger partial charge is 0.478 e. The number of aryl methyl sites for hydroxylation is 1. The van der Waals surface area contributed by atoms with E-state index in [1.54, 1.807) is 12.1 Å². The van der Waals surface area contributed by atoms with Gasteiger partial charge in [-0.25, -0.2) is 9.78 Å². The number of carboxylic acids is 1. The van der Waals surface area contributed by atoms with Crippen LogP contribution in [0.5, 0.6) is 0 Å². The van der Waals surface area contributed by atoms with Crippen LogP contribution in [-0.2, 0) is 6.42 Å². The number of fused-ring (bicyclic) bond motifs is 1. The van der Waals surface area contributed by atoms with Gasteiger partial charge >= 0.3 is 5.97 Å². The summed E-state index contributed by atoms with van der Waals surface area (Å²) in [4.78, 5) is 15.3. The predicted molar refractivity (Wildman–Crippen MR) is 64.1 cm³/mol. The van der Waals surface area contributed by atoms with Gasteiger partial charge in [0.15, 0.2) is 11.5 Å². The van der Waals surface area contributed by atoms with Gasteiger partial charge in [0.1, 0.15) is 11.1 Å². The van der Waals surface area contributed by atoms with Gasteiger partial charge in [-0.15, -0.1) is 0 Å². The summed E-state index contributed by atoms with van der Waals surface area (Å²) >= 11 is 0. The van der Waals surface area contributed by atoms with Crippen LogP contribution in [0.15, 0.2) is 22.6 Å². The molecular formula is C13H15NO3. The molecule has 2 aromatic rings. The molecule has 0 radical (unpaired) electrons. The van der Waals surface area contributed by atoms with Crippen molar-refractivity contribution < 1.29 is 14.3 Å². The molecule has 1 heterocycles. The first-order valence-electron chi connectivity index (χ1n) is 5.69. The molecule has 90 valence electrons. The number of hydrogen-bond donors (Lipinski definition) is 1. The average Bonchev–Trinajstić information content (AvgIpc) is 2.68. The fraction of sp³-hybridized carbons (Fsp3) is 0.385. The minimum absolute atomic E-state index is 0.172. The Bertz CT molecular complexity index is 543. The zero-order valence-corrected chi connectivity index (χ0v) is 9.93. The summed E-state index contributed by atoms with van der Waals surface area (Å²) in [5, 5.41) is 9.02. The summed E-state index contributed by atoms with van der Waals surface area (Å²) in [5.41, 5.74) is 1.16. The van der Waals surface area contributed by atoms with Crippen LogP contribution in [0.3, 0.4) is 0 Å². The molecule has 0 saturated carbocycles. The molecule has 0 saturated heterocycles. The highest BCUT2D eigenvalue weighted by atomic mass is 16.4. The molecule has 4 nitrogen and oxygen atoms in total. The quantitative estimate of drug-likeness (QED) is 0.881. The highest BCUT2D eigenvalue weighted by Crippen LogP contribution is 2.21. The van der Waals surface area contributed by atoms with Crippen molar-refractivity contribution in [2.45, 2.75) is 26.7 Å². The van der Waals surface area contributed by atoms with Crippen LogP contribution < -0.4 is 0 Å². The molecule has 0 unspecified atom stereocenters. The molecule has 2 rings (SSSR count). The minimum atomic E-state index is -0.984. The lowest BCUT2D eigenvalue weighted by atomic mass is 10.1. The van der Waals surface area contributed by atoms with E-state index in [1.165, 1.54) is 6.07 Å². The number of para-hydroxylation sites is 1. The fourth-order valence-corrected chi connectivity index (χ4v) is 1.68. The lowest BCUT2D eigenvalue weighted by Crippen LogP contribution is -1.95. The van der Waals surface area contributed by atoms with Crippen LogP contribution in [0.2, 0.25) is 0 Å². The number of carboxylic acid groups (broad SMARTS) is 1. The second-order valence-electron chi connectivity index (χ2n) is 4.50. The number of hydrogen-bond acceptors (Lipinski definition) is 3. The Kier molecular flexibility index (Phi) is 3.13. The maximum absolute atomic E-state index is 11.0. The van der Waals surface area contributed by atoms with Crippen molar-refractivity contribution in [1.29, 1.82) is 0 Å². The number of carbonyl (C=O) groups is 1. The molecule has 1 aromatic heterocycles. The van der Waals surface area contributed by atoms with Crippen LogP contribution in [0.1, 0.15) is 36.5 Å². The molecular weight excluding hydrogens is 218 g/mol. The normalized spacial score (nSPS) is 11.2. The van der Waals surface area contributed by atoms with Gasteiger partial charge in [-0.1, -0.05) is 19.9 Å². The van der Waals surface area contributed by atoms with Gasteiger partial charge < -0.3 is 9.52 Å². The molecule has 1 aromatic carbocycles. The van der Waals surface area contributed by atoms with E-state index in [0.717, 1.165) is 12.8 Å². The molecule has 0 aliphatic rings. The van der Waals surface area contributed by atoms with Gasteiger partial charge in [-0.2, -0.15) is 0 Å². The monoisotopic (exact) mass is 233 g/mol. The third-order valence-electron chi connectivity index (χ3n) is 2.63. The van der Waals surface area contributed by atoms with Crippen molar-refractivity contribution in [3.63, 3.8) is 0 Å². The zero-order chi connectivity index (χ0) is 12.4. The molecule has 0 amide bonds. The van der Waals surface area contributed by atoms with Crippen molar-refractivity contribution in [3.8, 4) is 0 Å². The number of rotatable bonds is 4. The summed E-state index contributed by atoms with van der Waals surface area (Å²) in [7, 11) is 0. The number of aromatic nitrogens is 1. The maximum atomic E-state index is 11.0. The zero-order valence-electron chi connectivity index (χ0n) is 9.93. The first-order valence-corrected chi connectivity index (χ1v) is 5.69. The average molecular weight is 233 g/mol. The molecule has 17 heavy (non-hydrogen) atoms. The van der Waals surface area contributed by atoms with Crippen molar-refractivity contribution in [2.24, 2.45) is 5.92 Å². The highest BCUT2D eigenvalue weighted by molar-refractivity contribution is 5.99. The lowest BCUT2D eigenvalue weighted by molar-refractivity contribution is 0.0698. The van der Waals surface area contributed by atoms with Gasteiger partial charge in [0, 0.05) is 6.42 Å². The van der Waals surface area contributed by atoms with Crippen molar-refractivity contribution in [2.75, 3.05) is 0 Å². The lowest BCUT2D eigenvalue weighted by Gasteiger charge is -1.99. The second kappa shape index (κ2) is 4.57. The van der Waals surface area contributed by atoms with Gasteiger partial charge in [0.25, 0.3) is 0 Å². The molecule has 0 aliphatic heterocycles. The number of aromatic carboxylic acids is 1. The van der Waals surface area contributed by atoms with E-state index in [-0.39, 0.29) is 5.56 Å². The first kappa shape index (κ1) is 11.6. The van der Waals surface area contributed by atoms with Crippen LogP contribution >= 0.6 is 0 Å². The van der Waals surface area contributed by atoms with Gasteiger partial charge in [0.2, 0.25) is 0 Å². The minimum Gasteiger partial charge on any atom is -0.478 e. The van der Waals surface area contributed by atoms with E-state index in [2.05, 4.69) is 18.8 Å². The Hall–Kier alpha value is -1.84. The van der Waals surface area contributed by atoms with E-state index in [4.69, 9.17) is 9.52 Å². The number of oxazole rings is 1. The van der Waals surface area contributed by atoms with Crippen LogP contribution in [0, 0.1) is 5.92 Å². The molecule has 0 spiro atoms. The first-order chi connectivity index (χ1) is 8.08. The van der Waals surface area contributed by atoms with Crippen molar-refractivity contribution in [1.82, 2.24) is 4.98 Å². The third kappa shape index (κ3) is 2.46. The van der Waals surface area contributed by atoms with E-state index < -0.39 is 5.97 Å². The topological polar surface area (TPSA) is 63.3 Å². The van der Waals surface area contributed by atoms with E-state index >= 15 is 0 Å². The van der Waals surface area contributed by atoms with Gasteiger partial charge in [0.05, 0.1) is 0 Å². The molecule has 1 N–H and O–H groups in total. The van der Waals surface area contributed by atoms with Crippen LogP contribution in [-0.4, -0.2) is 16.1 Å². The maximum Gasteiger partial charge on any atom is 0.339 e. The molecule has 0 atom stereocenters. The standard InChI is InChI=1S/C13H15NO3/c1-8(2)6-7-11-14-10-5-3-4-9(13(15)16)12(10)17-11/h3-5,8H,6-7H2,1-2H3,(H,15,16). The molecule has 0 bridgehead atoms. The summed E-state index contributed by atoms with van der Waals surface area (Å²) in [6, 6.07) is 4.98. The predicted octanol–water partition coefficient (Wildman–Crippen LogP) is 3.11. The highest BCUT2D eigenvalue weighted by Gasteiger charge is 2.14. The Balaban J connectivity index is 2.36.